The van der Waals surface area contributed by atoms with Crippen LogP contribution in [-0.4, -0.2) is 29.9 Å². The summed E-state index contributed by atoms with van der Waals surface area (Å²) in [6, 6.07) is 6.53. The summed E-state index contributed by atoms with van der Waals surface area (Å²) in [5.74, 6) is 0.112. The van der Waals surface area contributed by atoms with Gasteiger partial charge in [-0.3, -0.25) is 4.79 Å². The largest absolute Gasteiger partial charge is 0.326 e. The minimum atomic E-state index is 0.112. The third-order valence-corrected chi connectivity index (χ3v) is 3.97. The lowest BCUT2D eigenvalue weighted by Gasteiger charge is -2.26. The normalized spacial score (nSPS) is 12.5. The molecule has 1 aromatic rings. The van der Waals surface area contributed by atoms with Crippen LogP contribution < -0.4 is 5.32 Å². The summed E-state index contributed by atoms with van der Waals surface area (Å²) in [5.41, 5.74) is 3.21. The Bertz CT molecular complexity index is 418. The molecule has 0 unspecified atom stereocenters. The molecule has 112 valence electrons. The Morgan fingerprint density at radius 2 is 1.75 bits per heavy atom. The molecule has 1 aromatic carbocycles. The molecular formula is C17H28N2O. The Balaban J connectivity index is 2.52. The second-order valence-corrected chi connectivity index (χ2v) is 5.42. The van der Waals surface area contributed by atoms with Gasteiger partial charge in [0.25, 0.3) is 0 Å². The van der Waals surface area contributed by atoms with Crippen molar-refractivity contribution in [2.75, 3.05) is 18.4 Å². The Morgan fingerprint density at radius 3 is 2.25 bits per heavy atom. The number of hydrogen-bond donors (Lipinski definition) is 1. The topological polar surface area (TPSA) is 32.3 Å². The molecule has 20 heavy (non-hydrogen) atoms. The Hall–Kier alpha value is -1.35. The fourth-order valence-electron chi connectivity index (χ4n) is 2.58. The van der Waals surface area contributed by atoms with E-state index in [0.29, 0.717) is 12.5 Å². The molecular weight excluding hydrogens is 248 g/mol. The molecule has 0 aliphatic heterocycles. The first-order chi connectivity index (χ1) is 9.49. The lowest BCUT2D eigenvalue weighted by atomic mass is 10.1. The maximum atomic E-state index is 12.1. The first kappa shape index (κ1) is 16.7. The third kappa shape index (κ3) is 4.64. The van der Waals surface area contributed by atoms with Gasteiger partial charge in [0.1, 0.15) is 0 Å². The zero-order chi connectivity index (χ0) is 15.1. The van der Waals surface area contributed by atoms with Crippen LogP contribution in [0.1, 0.15) is 44.7 Å². The lowest BCUT2D eigenvalue weighted by molar-refractivity contribution is -0.116. The van der Waals surface area contributed by atoms with Gasteiger partial charge in [0.05, 0.1) is 0 Å². The van der Waals surface area contributed by atoms with Gasteiger partial charge in [0, 0.05) is 18.2 Å². The quantitative estimate of drug-likeness (QED) is 0.822. The molecule has 3 heteroatoms. The molecule has 1 rings (SSSR count). The number of benzene rings is 1. The van der Waals surface area contributed by atoms with Crippen molar-refractivity contribution in [3.8, 4) is 0 Å². The molecule has 0 saturated heterocycles. The van der Waals surface area contributed by atoms with Crippen LogP contribution in [0.15, 0.2) is 18.2 Å². The number of aryl methyl sites for hydroxylation is 2. The number of anilines is 1. The highest BCUT2D eigenvalue weighted by molar-refractivity contribution is 5.92. The number of carbonyl (C=O) groups excluding carboxylic acids is 1. The molecule has 0 heterocycles. The maximum absolute atomic E-state index is 12.1. The second kappa shape index (κ2) is 8.05. The van der Waals surface area contributed by atoms with Crippen molar-refractivity contribution >= 4 is 11.6 Å². The van der Waals surface area contributed by atoms with Gasteiger partial charge < -0.3 is 10.2 Å². The SMILES string of the molecule is CCN(CC)[C@H](C)CCC(=O)Nc1c(C)cccc1C. The van der Waals surface area contributed by atoms with E-state index >= 15 is 0 Å². The van der Waals surface area contributed by atoms with Crippen LogP contribution >= 0.6 is 0 Å². The minimum absolute atomic E-state index is 0.112. The van der Waals surface area contributed by atoms with Gasteiger partial charge in [-0.25, -0.2) is 0 Å². The van der Waals surface area contributed by atoms with E-state index in [1.54, 1.807) is 0 Å². The van der Waals surface area contributed by atoms with Gasteiger partial charge in [-0.05, 0) is 51.4 Å². The molecule has 0 fully saturated rings. The van der Waals surface area contributed by atoms with E-state index in [4.69, 9.17) is 0 Å². The van der Waals surface area contributed by atoms with Gasteiger partial charge in [-0.1, -0.05) is 32.0 Å². The molecule has 0 saturated carbocycles. The summed E-state index contributed by atoms with van der Waals surface area (Å²) in [7, 11) is 0. The molecule has 1 N–H and O–H groups in total. The predicted octanol–water partition coefficient (Wildman–Crippen LogP) is 3.75. The number of nitrogens with zero attached hydrogens (tertiary/aromatic N) is 1. The summed E-state index contributed by atoms with van der Waals surface area (Å²) >= 11 is 0. The summed E-state index contributed by atoms with van der Waals surface area (Å²) in [6.45, 7) is 12.7. The zero-order valence-corrected chi connectivity index (χ0v) is 13.5. The van der Waals surface area contributed by atoms with E-state index in [1.807, 2.05) is 32.0 Å². The van der Waals surface area contributed by atoms with Gasteiger partial charge >= 0.3 is 0 Å². The second-order valence-electron chi connectivity index (χ2n) is 5.42. The lowest BCUT2D eigenvalue weighted by Crippen LogP contribution is -2.33. The minimum Gasteiger partial charge on any atom is -0.326 e. The number of nitrogens with one attached hydrogen (secondary N) is 1. The number of rotatable bonds is 7. The summed E-state index contributed by atoms with van der Waals surface area (Å²) in [6.07, 6.45) is 1.48. The highest BCUT2D eigenvalue weighted by atomic mass is 16.1. The van der Waals surface area contributed by atoms with Crippen molar-refractivity contribution in [2.45, 2.75) is 53.5 Å². The van der Waals surface area contributed by atoms with Crippen LogP contribution in [0, 0.1) is 13.8 Å². The monoisotopic (exact) mass is 276 g/mol. The van der Waals surface area contributed by atoms with Crippen molar-refractivity contribution in [1.29, 1.82) is 0 Å². The Labute approximate surface area is 123 Å². The Kier molecular flexibility index (Phi) is 6.73. The van der Waals surface area contributed by atoms with Crippen LogP contribution in [0.5, 0.6) is 0 Å². The molecule has 1 atom stereocenters. The van der Waals surface area contributed by atoms with E-state index in [1.165, 1.54) is 0 Å². The summed E-state index contributed by atoms with van der Waals surface area (Å²) in [4.78, 5) is 14.5. The van der Waals surface area contributed by atoms with E-state index in [9.17, 15) is 4.79 Å². The highest BCUT2D eigenvalue weighted by Crippen LogP contribution is 2.20. The first-order valence-electron chi connectivity index (χ1n) is 7.59. The van der Waals surface area contributed by atoms with E-state index in [2.05, 4.69) is 31.0 Å². The van der Waals surface area contributed by atoms with Gasteiger partial charge in [-0.15, -0.1) is 0 Å². The van der Waals surface area contributed by atoms with Crippen LogP contribution in [0.3, 0.4) is 0 Å². The Morgan fingerprint density at radius 1 is 1.20 bits per heavy atom. The van der Waals surface area contributed by atoms with Gasteiger partial charge in [-0.2, -0.15) is 0 Å². The van der Waals surface area contributed by atoms with Crippen LogP contribution in [0.2, 0.25) is 0 Å². The first-order valence-corrected chi connectivity index (χ1v) is 7.59. The number of hydrogen-bond acceptors (Lipinski definition) is 2. The molecule has 0 radical (unpaired) electrons. The smallest absolute Gasteiger partial charge is 0.224 e. The summed E-state index contributed by atoms with van der Waals surface area (Å²) < 4.78 is 0. The maximum Gasteiger partial charge on any atom is 0.224 e. The van der Waals surface area contributed by atoms with Crippen molar-refractivity contribution < 1.29 is 4.79 Å². The fourth-order valence-corrected chi connectivity index (χ4v) is 2.58. The van der Waals surface area contributed by atoms with Gasteiger partial charge in [0.15, 0.2) is 0 Å². The molecule has 0 spiro atoms. The average Bonchev–Trinajstić information content (AvgIpc) is 2.42. The van der Waals surface area contributed by atoms with Gasteiger partial charge in [0.2, 0.25) is 5.91 Å². The predicted molar refractivity (Wildman–Crippen MR) is 86.2 cm³/mol. The van der Waals surface area contributed by atoms with Crippen LogP contribution in [-0.2, 0) is 4.79 Å². The average molecular weight is 276 g/mol. The standard InChI is InChI=1S/C17H28N2O/c1-6-19(7-2)15(5)11-12-16(20)18-17-13(3)9-8-10-14(17)4/h8-10,15H,6-7,11-12H2,1-5H3,(H,18,20)/t15-/m1/s1. The van der Waals surface area contributed by atoms with E-state index < -0.39 is 0 Å². The number of carbonyl (C=O) groups is 1. The zero-order valence-electron chi connectivity index (χ0n) is 13.5. The van der Waals surface area contributed by atoms with E-state index in [0.717, 1.165) is 36.3 Å². The van der Waals surface area contributed by atoms with Crippen LogP contribution in [0.4, 0.5) is 5.69 Å². The van der Waals surface area contributed by atoms with Crippen molar-refractivity contribution in [2.24, 2.45) is 0 Å². The third-order valence-electron chi connectivity index (χ3n) is 3.97. The van der Waals surface area contributed by atoms with E-state index in [-0.39, 0.29) is 5.91 Å². The molecule has 3 nitrogen and oxygen atoms in total. The molecule has 1 amide bonds. The highest BCUT2D eigenvalue weighted by Gasteiger charge is 2.13. The van der Waals surface area contributed by atoms with Crippen LogP contribution in [0.25, 0.3) is 0 Å². The number of para-hydroxylation sites is 1. The molecule has 0 aromatic heterocycles. The molecule has 0 aliphatic carbocycles. The van der Waals surface area contributed by atoms with Crippen molar-refractivity contribution in [3.05, 3.63) is 29.3 Å². The van der Waals surface area contributed by atoms with Crippen molar-refractivity contribution in [1.82, 2.24) is 4.90 Å². The summed E-state index contributed by atoms with van der Waals surface area (Å²) in [5, 5.41) is 3.05. The number of amides is 1. The van der Waals surface area contributed by atoms with Crippen molar-refractivity contribution in [3.63, 3.8) is 0 Å². The molecule has 0 bridgehead atoms. The fraction of sp³-hybridized carbons (Fsp3) is 0.588. The molecule has 0 aliphatic rings.